The fourth-order valence-corrected chi connectivity index (χ4v) is 7.79. The van der Waals surface area contributed by atoms with Crippen molar-refractivity contribution in [2.24, 2.45) is 0 Å². The van der Waals surface area contributed by atoms with Gasteiger partial charge in [-0.2, -0.15) is 5.10 Å². The van der Waals surface area contributed by atoms with Crippen molar-refractivity contribution in [1.29, 1.82) is 0 Å². The number of rotatable bonds is 8. The predicted molar refractivity (Wildman–Crippen MR) is 208 cm³/mol. The van der Waals surface area contributed by atoms with E-state index in [4.69, 9.17) is 15.6 Å². The van der Waals surface area contributed by atoms with Gasteiger partial charge in [0.2, 0.25) is 11.8 Å². The Labute approximate surface area is 321 Å². The largest absolute Gasteiger partial charge is 0.457 e. The fraction of sp³-hybridized carbons (Fsp3) is 0.214. The molecule has 0 bridgehead atoms. The lowest BCUT2D eigenvalue weighted by Crippen LogP contribution is -2.52. The number of fused-ring (bicyclic) bond motifs is 2. The number of hydrogen-bond donors (Lipinski definition) is 3. The molecule has 2 atom stereocenters. The molecule has 0 aliphatic carbocycles. The zero-order valence-electron chi connectivity index (χ0n) is 30.2. The summed E-state index contributed by atoms with van der Waals surface area (Å²) in [7, 11) is 0. The van der Waals surface area contributed by atoms with E-state index < -0.39 is 11.9 Å². The molecule has 280 valence electrons. The molecule has 0 spiro atoms. The standard InChI is InChI=1S/C42H37N9O5/c43-38-36-37(25-10-15-32(16-11-25)56-31-6-2-1-3-7-31)48-51(39(36)45-24-44-38)30-5-4-20-49(23-30)41(54)26-8-12-28(13-9-26)46-29-14-17-33-27(21-29)22-50(42(33)55)34-18-19-35(52)47-40(34)53/h1-3,6-17,21,24,30,34,46H,4-5,18-20,22-23H2,(H2,43,44,45)(H,47,52,53)/t30-,34?/m1/s1. The first-order valence-electron chi connectivity index (χ1n) is 18.5. The summed E-state index contributed by atoms with van der Waals surface area (Å²) < 4.78 is 7.87. The summed E-state index contributed by atoms with van der Waals surface area (Å²) >= 11 is 0. The van der Waals surface area contributed by atoms with Crippen LogP contribution in [-0.2, 0) is 16.1 Å². The Morgan fingerprint density at radius 3 is 2.43 bits per heavy atom. The molecule has 2 fully saturated rings. The van der Waals surface area contributed by atoms with Gasteiger partial charge in [-0.25, -0.2) is 14.6 Å². The third-order valence-corrected chi connectivity index (χ3v) is 10.6. The van der Waals surface area contributed by atoms with Crippen molar-refractivity contribution in [3.63, 3.8) is 0 Å². The van der Waals surface area contributed by atoms with E-state index in [1.807, 2.05) is 88.4 Å². The molecule has 56 heavy (non-hydrogen) atoms. The van der Waals surface area contributed by atoms with E-state index in [0.717, 1.165) is 41.1 Å². The number of nitrogens with two attached hydrogens (primary N) is 1. The molecule has 9 rings (SSSR count). The van der Waals surface area contributed by atoms with Gasteiger partial charge in [-0.3, -0.25) is 24.5 Å². The molecule has 4 N–H and O–H groups in total. The summed E-state index contributed by atoms with van der Waals surface area (Å²) in [6.07, 6.45) is 3.56. The van der Waals surface area contributed by atoms with Crippen LogP contribution in [0.5, 0.6) is 11.5 Å². The van der Waals surface area contributed by atoms with Gasteiger partial charge in [0.05, 0.1) is 11.4 Å². The third-order valence-electron chi connectivity index (χ3n) is 10.6. The maximum Gasteiger partial charge on any atom is 0.255 e. The molecule has 3 aliphatic rings. The number of nitrogens with zero attached hydrogens (tertiary/aromatic N) is 6. The number of aromatic nitrogens is 4. The van der Waals surface area contributed by atoms with Crippen LogP contribution in [0, 0.1) is 0 Å². The van der Waals surface area contributed by atoms with Gasteiger partial charge >= 0.3 is 0 Å². The van der Waals surface area contributed by atoms with E-state index in [0.29, 0.717) is 58.9 Å². The molecule has 0 saturated carbocycles. The van der Waals surface area contributed by atoms with Gasteiger partial charge in [0.25, 0.3) is 11.8 Å². The number of carbonyl (C=O) groups is 4. The predicted octanol–water partition coefficient (Wildman–Crippen LogP) is 5.85. The van der Waals surface area contributed by atoms with Crippen LogP contribution in [0.1, 0.15) is 58.0 Å². The highest BCUT2D eigenvalue weighted by Crippen LogP contribution is 2.36. The van der Waals surface area contributed by atoms with Crippen LogP contribution >= 0.6 is 0 Å². The van der Waals surface area contributed by atoms with E-state index in [-0.39, 0.29) is 36.7 Å². The van der Waals surface area contributed by atoms with Crippen LogP contribution in [0.2, 0.25) is 0 Å². The second-order valence-electron chi connectivity index (χ2n) is 14.2. The molecule has 3 aliphatic heterocycles. The Morgan fingerprint density at radius 1 is 0.875 bits per heavy atom. The normalized spacial score (nSPS) is 18.2. The number of amides is 4. The van der Waals surface area contributed by atoms with Crippen LogP contribution in [0.15, 0.2) is 103 Å². The highest BCUT2D eigenvalue weighted by Gasteiger charge is 2.39. The molecule has 4 aromatic carbocycles. The van der Waals surface area contributed by atoms with Crippen molar-refractivity contribution in [3.8, 4) is 22.8 Å². The molecule has 0 radical (unpaired) electrons. The first-order chi connectivity index (χ1) is 27.3. The van der Waals surface area contributed by atoms with E-state index in [2.05, 4.69) is 20.6 Å². The number of hydrogen-bond acceptors (Lipinski definition) is 10. The van der Waals surface area contributed by atoms with E-state index in [1.54, 1.807) is 18.2 Å². The van der Waals surface area contributed by atoms with Gasteiger partial charge in [-0.15, -0.1) is 0 Å². The lowest BCUT2D eigenvalue weighted by molar-refractivity contribution is -0.136. The van der Waals surface area contributed by atoms with Gasteiger partial charge < -0.3 is 25.6 Å². The van der Waals surface area contributed by atoms with Crippen molar-refractivity contribution in [3.05, 3.63) is 120 Å². The minimum Gasteiger partial charge on any atom is -0.457 e. The maximum absolute atomic E-state index is 13.8. The molecule has 6 aromatic rings. The Kier molecular flexibility index (Phi) is 8.84. The van der Waals surface area contributed by atoms with Gasteiger partial charge in [-0.05, 0) is 104 Å². The third kappa shape index (κ3) is 6.54. The first-order valence-corrected chi connectivity index (χ1v) is 18.5. The summed E-state index contributed by atoms with van der Waals surface area (Å²) in [4.78, 5) is 63.2. The minimum absolute atomic E-state index is 0.0781. The molecular formula is C42H37N9O5. The molecule has 1 unspecified atom stereocenters. The second kappa shape index (κ2) is 14.3. The summed E-state index contributed by atoms with van der Waals surface area (Å²) in [5.74, 6) is 0.719. The van der Waals surface area contributed by atoms with E-state index >= 15 is 0 Å². The SMILES string of the molecule is Nc1ncnc2c1c(-c1ccc(Oc3ccccc3)cc1)nn2[C@@H]1CCCN(C(=O)c2ccc(Nc3ccc4c(c3)CN(C3CCC(=O)NC3=O)C4=O)cc2)C1. The monoisotopic (exact) mass is 747 g/mol. The van der Waals surface area contributed by atoms with E-state index in [9.17, 15) is 19.2 Å². The molecule has 5 heterocycles. The Morgan fingerprint density at radius 2 is 1.64 bits per heavy atom. The number of nitrogen functional groups attached to an aromatic ring is 1. The van der Waals surface area contributed by atoms with Crippen molar-refractivity contribution in [2.45, 2.75) is 44.3 Å². The number of nitrogens with one attached hydrogen (secondary N) is 2. The zero-order valence-corrected chi connectivity index (χ0v) is 30.2. The van der Waals surface area contributed by atoms with Crippen LogP contribution in [-0.4, -0.2) is 72.3 Å². The fourth-order valence-electron chi connectivity index (χ4n) is 7.79. The Bertz CT molecular complexity index is 2500. The smallest absolute Gasteiger partial charge is 0.255 e. The van der Waals surface area contributed by atoms with Gasteiger partial charge in [0, 0.05) is 54.1 Å². The minimum atomic E-state index is -0.669. The number of ether oxygens (including phenoxy) is 1. The van der Waals surface area contributed by atoms with Crippen LogP contribution in [0.4, 0.5) is 17.2 Å². The Balaban J connectivity index is 0.880. The molecule has 14 heteroatoms. The average Bonchev–Trinajstić information content (AvgIpc) is 3.77. The maximum atomic E-state index is 13.8. The quantitative estimate of drug-likeness (QED) is 0.160. The lowest BCUT2D eigenvalue weighted by Gasteiger charge is -2.33. The molecule has 2 saturated heterocycles. The molecular weight excluding hydrogens is 711 g/mol. The number of piperidine rings is 2. The van der Waals surface area contributed by atoms with Gasteiger partial charge in [0.15, 0.2) is 5.65 Å². The summed E-state index contributed by atoms with van der Waals surface area (Å²) in [6, 6.07) is 29.2. The van der Waals surface area contributed by atoms with Gasteiger partial charge in [0.1, 0.15) is 35.4 Å². The van der Waals surface area contributed by atoms with Crippen molar-refractivity contribution < 1.29 is 23.9 Å². The Hall–Kier alpha value is -7.09. The average molecular weight is 748 g/mol. The van der Waals surface area contributed by atoms with Crippen molar-refractivity contribution >= 4 is 51.9 Å². The summed E-state index contributed by atoms with van der Waals surface area (Å²) in [6.45, 7) is 1.35. The first kappa shape index (κ1) is 34.7. The number of anilines is 3. The molecule has 2 aromatic heterocycles. The van der Waals surface area contributed by atoms with Crippen LogP contribution in [0.25, 0.3) is 22.3 Å². The molecule has 14 nitrogen and oxygen atoms in total. The number of benzene rings is 4. The van der Waals surface area contributed by atoms with Crippen molar-refractivity contribution in [1.82, 2.24) is 34.9 Å². The molecule has 4 amide bonds. The lowest BCUT2D eigenvalue weighted by atomic mass is 10.0. The number of likely N-dealkylation sites (tertiary alicyclic amines) is 1. The highest BCUT2D eigenvalue weighted by atomic mass is 16.5. The topological polar surface area (TPSA) is 178 Å². The summed E-state index contributed by atoms with van der Waals surface area (Å²) in [5, 5.41) is 11.4. The van der Waals surface area contributed by atoms with Crippen LogP contribution < -0.4 is 21.1 Å². The second-order valence-corrected chi connectivity index (χ2v) is 14.2. The van der Waals surface area contributed by atoms with E-state index in [1.165, 1.54) is 11.2 Å². The number of carbonyl (C=O) groups excluding carboxylic acids is 4. The van der Waals surface area contributed by atoms with Gasteiger partial charge in [-0.1, -0.05) is 18.2 Å². The highest BCUT2D eigenvalue weighted by molar-refractivity contribution is 6.05. The zero-order chi connectivity index (χ0) is 38.3. The number of para-hydroxylation sites is 1. The number of imide groups is 1. The summed E-state index contributed by atoms with van der Waals surface area (Å²) in [5.41, 5.74) is 12.0. The van der Waals surface area contributed by atoms with Crippen LogP contribution in [0.3, 0.4) is 0 Å². The van der Waals surface area contributed by atoms with Crippen molar-refractivity contribution in [2.75, 3.05) is 24.1 Å².